The lowest BCUT2D eigenvalue weighted by atomic mass is 10.0. The van der Waals surface area contributed by atoms with Crippen molar-refractivity contribution in [3.05, 3.63) is 59.4 Å². The molecule has 1 unspecified atom stereocenters. The molecule has 98 valence electrons. The lowest BCUT2D eigenvalue weighted by Gasteiger charge is -2.19. The number of nitrogens with zero attached hydrogens (tertiary/aromatic N) is 1. The van der Waals surface area contributed by atoms with Crippen molar-refractivity contribution in [1.29, 1.82) is 0 Å². The highest BCUT2D eigenvalue weighted by Crippen LogP contribution is 2.23. The van der Waals surface area contributed by atoms with E-state index in [1.807, 2.05) is 18.2 Å². The molecule has 3 nitrogen and oxygen atoms in total. The molecule has 19 heavy (non-hydrogen) atoms. The molecular formula is C15H17N3S. The number of anilines is 1. The number of benzene rings is 1. The van der Waals surface area contributed by atoms with Crippen LogP contribution in [-0.2, 0) is 0 Å². The fourth-order valence-electron chi connectivity index (χ4n) is 2.11. The lowest BCUT2D eigenvalue weighted by Crippen LogP contribution is -2.15. The number of rotatable bonds is 4. The zero-order valence-electron chi connectivity index (χ0n) is 11.1. The number of pyridine rings is 1. The fourth-order valence-corrected chi connectivity index (χ4v) is 2.29. The summed E-state index contributed by atoms with van der Waals surface area (Å²) in [6.45, 7) is 4.21. The van der Waals surface area contributed by atoms with Crippen molar-refractivity contribution in [2.75, 3.05) is 5.32 Å². The molecule has 1 aromatic heterocycles. The van der Waals surface area contributed by atoms with Crippen LogP contribution in [0.4, 0.5) is 5.69 Å². The summed E-state index contributed by atoms with van der Waals surface area (Å²) >= 11 is 5.05. The predicted molar refractivity (Wildman–Crippen MR) is 83.3 cm³/mol. The second-order valence-corrected chi connectivity index (χ2v) is 4.95. The smallest absolute Gasteiger partial charge is 0.106 e. The molecule has 1 heterocycles. The minimum atomic E-state index is 0.165. The van der Waals surface area contributed by atoms with E-state index in [2.05, 4.69) is 36.3 Å². The number of hydrogen-bond acceptors (Lipinski definition) is 3. The largest absolute Gasteiger partial charge is 0.389 e. The van der Waals surface area contributed by atoms with Crippen molar-refractivity contribution in [2.24, 2.45) is 5.73 Å². The second kappa shape index (κ2) is 5.80. The van der Waals surface area contributed by atoms with Crippen molar-refractivity contribution in [3.63, 3.8) is 0 Å². The fraction of sp³-hybridized carbons (Fsp3) is 0.200. The maximum absolute atomic E-state index is 5.72. The number of hydrogen-bond donors (Lipinski definition) is 2. The Balaban J connectivity index is 2.27. The van der Waals surface area contributed by atoms with Crippen molar-refractivity contribution < 1.29 is 0 Å². The van der Waals surface area contributed by atoms with Crippen LogP contribution in [0.5, 0.6) is 0 Å². The van der Waals surface area contributed by atoms with Crippen molar-refractivity contribution >= 4 is 22.9 Å². The summed E-state index contributed by atoms with van der Waals surface area (Å²) in [7, 11) is 0. The summed E-state index contributed by atoms with van der Waals surface area (Å²) in [5.74, 6) is 0. The molecule has 3 N–H and O–H groups in total. The third-order valence-electron chi connectivity index (χ3n) is 3.11. The maximum Gasteiger partial charge on any atom is 0.106 e. The van der Waals surface area contributed by atoms with Gasteiger partial charge < -0.3 is 11.1 Å². The topological polar surface area (TPSA) is 50.9 Å². The summed E-state index contributed by atoms with van der Waals surface area (Å²) in [4.78, 5) is 4.50. The molecule has 1 aromatic carbocycles. The van der Waals surface area contributed by atoms with E-state index >= 15 is 0 Å². The minimum Gasteiger partial charge on any atom is -0.389 e. The SMILES string of the molecule is Cc1ccccc1C(C)Nc1cnccc1C(N)=S. The average molecular weight is 271 g/mol. The monoisotopic (exact) mass is 271 g/mol. The van der Waals surface area contributed by atoms with Crippen LogP contribution >= 0.6 is 12.2 Å². The molecule has 0 saturated carbocycles. The van der Waals surface area contributed by atoms with Gasteiger partial charge in [0.05, 0.1) is 11.9 Å². The number of nitrogens with one attached hydrogen (secondary N) is 1. The van der Waals surface area contributed by atoms with Gasteiger partial charge in [-0.05, 0) is 31.0 Å². The van der Waals surface area contributed by atoms with Gasteiger partial charge in [0, 0.05) is 17.8 Å². The molecule has 2 aromatic rings. The molecule has 0 aliphatic carbocycles. The average Bonchev–Trinajstić information content (AvgIpc) is 2.39. The molecule has 0 aliphatic heterocycles. The Morgan fingerprint density at radius 3 is 2.74 bits per heavy atom. The molecule has 1 atom stereocenters. The molecule has 0 amide bonds. The standard InChI is InChI=1S/C15H17N3S/c1-10-5-3-4-6-12(10)11(2)18-14-9-17-8-7-13(14)15(16)19/h3-9,11,18H,1-2H3,(H2,16,19). The first-order valence-electron chi connectivity index (χ1n) is 6.15. The van der Waals surface area contributed by atoms with Gasteiger partial charge >= 0.3 is 0 Å². The van der Waals surface area contributed by atoms with Crippen LogP contribution in [0.25, 0.3) is 0 Å². The summed E-state index contributed by atoms with van der Waals surface area (Å²) < 4.78 is 0. The van der Waals surface area contributed by atoms with E-state index in [9.17, 15) is 0 Å². The van der Waals surface area contributed by atoms with Gasteiger partial charge in [0.1, 0.15) is 4.99 Å². The molecule has 0 fully saturated rings. The van der Waals surface area contributed by atoms with E-state index in [1.54, 1.807) is 12.4 Å². The first-order chi connectivity index (χ1) is 9.09. The summed E-state index contributed by atoms with van der Waals surface area (Å²) in [5.41, 5.74) is 9.92. The first-order valence-corrected chi connectivity index (χ1v) is 6.56. The number of aromatic nitrogens is 1. The van der Waals surface area contributed by atoms with Gasteiger partial charge in [-0.3, -0.25) is 4.98 Å². The lowest BCUT2D eigenvalue weighted by molar-refractivity contribution is 0.872. The van der Waals surface area contributed by atoms with Crippen LogP contribution in [0.1, 0.15) is 29.7 Å². The van der Waals surface area contributed by atoms with Gasteiger partial charge in [-0.1, -0.05) is 36.5 Å². The number of thiocarbonyl (C=S) groups is 1. The molecule has 2 rings (SSSR count). The van der Waals surface area contributed by atoms with Crippen LogP contribution in [0.2, 0.25) is 0 Å². The molecule has 0 radical (unpaired) electrons. The van der Waals surface area contributed by atoms with Crippen molar-refractivity contribution in [1.82, 2.24) is 4.98 Å². The van der Waals surface area contributed by atoms with Gasteiger partial charge in [-0.2, -0.15) is 0 Å². The zero-order chi connectivity index (χ0) is 13.8. The highest BCUT2D eigenvalue weighted by molar-refractivity contribution is 7.80. The van der Waals surface area contributed by atoms with Crippen molar-refractivity contribution in [2.45, 2.75) is 19.9 Å². The van der Waals surface area contributed by atoms with Crippen molar-refractivity contribution in [3.8, 4) is 0 Å². The number of aryl methyl sites for hydroxylation is 1. The van der Waals surface area contributed by atoms with Crippen LogP contribution < -0.4 is 11.1 Å². The highest BCUT2D eigenvalue weighted by Gasteiger charge is 2.11. The van der Waals surface area contributed by atoms with E-state index in [1.165, 1.54) is 11.1 Å². The maximum atomic E-state index is 5.72. The summed E-state index contributed by atoms with van der Waals surface area (Å²) in [5, 5.41) is 3.42. The minimum absolute atomic E-state index is 0.165. The summed E-state index contributed by atoms with van der Waals surface area (Å²) in [6, 6.07) is 10.3. The number of nitrogens with two attached hydrogens (primary N) is 1. The van der Waals surface area contributed by atoms with Gasteiger partial charge in [0.2, 0.25) is 0 Å². The predicted octanol–water partition coefficient (Wildman–Crippen LogP) is 3.20. The molecule has 0 aliphatic rings. The Kier molecular flexibility index (Phi) is 4.12. The Morgan fingerprint density at radius 2 is 2.05 bits per heavy atom. The molecular weight excluding hydrogens is 254 g/mol. The summed E-state index contributed by atoms with van der Waals surface area (Å²) in [6.07, 6.45) is 3.45. The van der Waals surface area contributed by atoms with E-state index in [-0.39, 0.29) is 6.04 Å². The van der Waals surface area contributed by atoms with E-state index in [4.69, 9.17) is 18.0 Å². The molecule has 0 bridgehead atoms. The van der Waals surface area contributed by atoms with Crippen LogP contribution in [0.3, 0.4) is 0 Å². The quantitative estimate of drug-likeness (QED) is 0.838. The molecule has 4 heteroatoms. The molecule has 0 saturated heterocycles. The molecule has 0 spiro atoms. The van der Waals surface area contributed by atoms with Gasteiger partial charge in [-0.25, -0.2) is 0 Å². The van der Waals surface area contributed by atoms with E-state index in [0.29, 0.717) is 4.99 Å². The Labute approximate surface area is 118 Å². The normalized spacial score (nSPS) is 11.9. The van der Waals surface area contributed by atoms with E-state index in [0.717, 1.165) is 11.3 Å². The highest BCUT2D eigenvalue weighted by atomic mass is 32.1. The van der Waals surface area contributed by atoms with Crippen LogP contribution in [-0.4, -0.2) is 9.97 Å². The third kappa shape index (κ3) is 3.09. The van der Waals surface area contributed by atoms with Crippen LogP contribution in [0, 0.1) is 6.92 Å². The Morgan fingerprint density at radius 1 is 1.32 bits per heavy atom. The Bertz CT molecular complexity index is 595. The zero-order valence-corrected chi connectivity index (χ0v) is 11.9. The van der Waals surface area contributed by atoms with Gasteiger partial charge in [0.25, 0.3) is 0 Å². The van der Waals surface area contributed by atoms with Crippen LogP contribution in [0.15, 0.2) is 42.7 Å². The van der Waals surface area contributed by atoms with Gasteiger partial charge in [0.15, 0.2) is 0 Å². The first kappa shape index (κ1) is 13.5. The van der Waals surface area contributed by atoms with E-state index < -0.39 is 0 Å². The Hall–Kier alpha value is -1.94. The second-order valence-electron chi connectivity index (χ2n) is 4.51. The third-order valence-corrected chi connectivity index (χ3v) is 3.33. The van der Waals surface area contributed by atoms with Gasteiger partial charge in [-0.15, -0.1) is 0 Å².